The van der Waals surface area contributed by atoms with E-state index in [4.69, 9.17) is 80.5 Å². The zero-order valence-electron chi connectivity index (χ0n) is 42.8. The van der Waals surface area contributed by atoms with E-state index in [1.807, 2.05) is 24.3 Å². The minimum absolute atomic E-state index is 0.0565. The number of imidazole rings is 3. The fourth-order valence-electron chi connectivity index (χ4n) is 7.27. The van der Waals surface area contributed by atoms with Crippen molar-refractivity contribution in [3.05, 3.63) is 207 Å². The molecule has 413 valence electrons. The van der Waals surface area contributed by atoms with E-state index in [0.29, 0.717) is 83.2 Å². The molecular weight excluding hydrogens is 1310 g/mol. The van der Waals surface area contributed by atoms with Gasteiger partial charge in [0.2, 0.25) is 0 Å². The van der Waals surface area contributed by atoms with Crippen LogP contribution in [0.5, 0.6) is 0 Å². The maximum atomic E-state index is 12.4. The predicted octanol–water partition coefficient (Wildman–Crippen LogP) is 15.2. The molecule has 3 aromatic carbocycles. The SMILES string of the molecule is CCOC(=O)c1cnc(-c2cccnc2)n1Cc1cc(Cl)ccc1Cl.CCOC(=O)c1cnc(-c2cncc(Br)c2)n1Cc1cc(Cl)ccc1Cl.O=C(O)c1cnc(-c2cncc(Br)c2)n1Cc1cc(Cl)ccc1Cl.[2H]CF.[B]=NS. The topological polar surface area (TPSA) is 194 Å². The summed E-state index contributed by atoms with van der Waals surface area (Å²) < 4.78 is 35.1. The van der Waals surface area contributed by atoms with Gasteiger partial charge in [0.05, 0.1) is 60.0 Å². The average Bonchev–Trinajstić information content (AvgIpc) is 4.41. The Bertz CT molecular complexity index is 3610. The first kappa shape index (κ1) is 63.2. The first-order valence-corrected chi connectivity index (χ1v) is 27.2. The van der Waals surface area contributed by atoms with Gasteiger partial charge in [-0.3, -0.25) is 19.3 Å². The van der Waals surface area contributed by atoms with Crippen molar-refractivity contribution in [1.82, 2.24) is 43.6 Å². The van der Waals surface area contributed by atoms with Crippen LogP contribution in [0.4, 0.5) is 4.39 Å². The summed E-state index contributed by atoms with van der Waals surface area (Å²) in [5.41, 5.74) is 5.22. The Balaban J connectivity index is 0.000000212. The molecule has 0 saturated heterocycles. The second-order valence-corrected chi connectivity index (χ2v) is 20.3. The van der Waals surface area contributed by atoms with Crippen molar-refractivity contribution in [1.29, 1.82) is 0 Å². The molecule has 1 N–H and O–H groups in total. The van der Waals surface area contributed by atoms with Gasteiger partial charge < -0.3 is 28.3 Å². The van der Waals surface area contributed by atoms with Crippen LogP contribution in [0, 0.1) is 0 Å². The predicted molar refractivity (Wildman–Crippen MR) is 322 cm³/mol. The minimum atomic E-state index is -1.07. The van der Waals surface area contributed by atoms with Gasteiger partial charge in [-0.1, -0.05) is 69.6 Å². The Morgan fingerprint density at radius 3 is 1.29 bits per heavy atom. The number of alkyl halides is 1. The van der Waals surface area contributed by atoms with E-state index in [2.05, 4.69) is 86.5 Å². The summed E-state index contributed by atoms with van der Waals surface area (Å²) in [6, 6.07) is 22.9. The van der Waals surface area contributed by atoms with Crippen LogP contribution < -0.4 is 0 Å². The van der Waals surface area contributed by atoms with Crippen LogP contribution in [0.1, 0.15) is 63.4 Å². The molecule has 0 aliphatic rings. The van der Waals surface area contributed by atoms with E-state index in [-0.39, 0.29) is 25.5 Å². The maximum absolute atomic E-state index is 12.4. The number of esters is 2. The fraction of sp³-hybridized carbons (Fsp3) is 0.151. The molecule has 0 atom stereocenters. The summed E-state index contributed by atoms with van der Waals surface area (Å²) >= 11 is 46.9. The van der Waals surface area contributed by atoms with Crippen LogP contribution in [0.15, 0.2) is 148 Å². The van der Waals surface area contributed by atoms with Crippen LogP contribution in [0.3, 0.4) is 0 Å². The zero-order chi connectivity index (χ0) is 59.2. The van der Waals surface area contributed by atoms with E-state index in [1.165, 1.54) is 18.6 Å². The Kier molecular flexibility index (Phi) is 25.6. The van der Waals surface area contributed by atoms with Gasteiger partial charge in [0.1, 0.15) is 34.6 Å². The number of aromatic nitrogens is 9. The number of hydrogen-bond donors (Lipinski definition) is 2. The normalized spacial score (nSPS) is 10.5. The van der Waals surface area contributed by atoms with Gasteiger partial charge in [-0.25, -0.2) is 29.3 Å². The van der Waals surface area contributed by atoms with Crippen molar-refractivity contribution in [3.63, 3.8) is 0 Å². The number of carbonyl (C=O) groups is 3. The molecule has 0 aliphatic carbocycles. The molecule has 9 rings (SSSR count). The molecule has 0 fully saturated rings. The Labute approximate surface area is 513 Å². The van der Waals surface area contributed by atoms with Gasteiger partial charge in [-0.15, -0.1) is 0 Å². The third-order valence-corrected chi connectivity index (χ3v) is 13.3. The Morgan fingerprint density at radius 1 is 0.600 bits per heavy atom. The van der Waals surface area contributed by atoms with Crippen LogP contribution in [0.2, 0.25) is 30.1 Å². The molecule has 6 heterocycles. The second kappa shape index (κ2) is 32.4. The molecule has 0 unspecified atom stereocenters. The molecule has 16 nitrogen and oxygen atoms in total. The van der Waals surface area contributed by atoms with E-state index < -0.39 is 25.1 Å². The monoisotopic (exact) mass is 1350 g/mol. The number of nitrogens with zero attached hydrogens (tertiary/aromatic N) is 10. The van der Waals surface area contributed by atoms with Gasteiger partial charge in [0.25, 0.3) is 0 Å². The van der Waals surface area contributed by atoms with Gasteiger partial charge in [0, 0.05) is 93.0 Å². The number of carboxylic acids is 1. The second-order valence-electron chi connectivity index (χ2n) is 15.8. The van der Waals surface area contributed by atoms with Crippen molar-refractivity contribution in [2.24, 2.45) is 4.30 Å². The van der Waals surface area contributed by atoms with E-state index in [1.54, 1.807) is 119 Å². The van der Waals surface area contributed by atoms with Crippen molar-refractivity contribution in [2.45, 2.75) is 33.5 Å². The standard InChI is InChI=1S/C18H14BrCl2N3O2.C18H15Cl2N3O2.C16H10BrCl2N3O2.CH3F.BHNS/c1-2-26-18(25)16-9-23-17(11-5-13(19)8-22-7-11)24(16)10-12-6-14(20)3-4-15(12)21;1-2-25-18(24)16-10-22-17(12-4-3-7-21-9-12)23(16)11-13-8-14(19)5-6-15(13)20;17-11-3-9(5-20-6-11)15-21-7-14(16(23)24)22(15)8-10-4-12(18)1-2-13(10)19;1-2;1-2-3/h3-9H,2,10H2,1H3;3-10H,2,11H2,1H3;1-7H,8H2,(H,23,24);1H3;3H/i;;;1D;. The number of carbonyl (C=O) groups excluding carboxylic acids is 2. The number of ether oxygens (including phenoxy) is 2. The fourth-order valence-corrected chi connectivity index (χ4v) is 9.12. The van der Waals surface area contributed by atoms with Crippen molar-refractivity contribution in [2.75, 3.05) is 20.4 Å². The Hall–Kier alpha value is -6.01. The van der Waals surface area contributed by atoms with Crippen molar-refractivity contribution < 1.29 is 34.7 Å². The number of benzene rings is 3. The number of aromatic carboxylic acids is 1. The first-order valence-electron chi connectivity index (χ1n) is 23.7. The first-order chi connectivity index (χ1) is 38.9. The number of halogens is 9. The van der Waals surface area contributed by atoms with Gasteiger partial charge in [-0.2, -0.15) is 0 Å². The van der Waals surface area contributed by atoms with E-state index in [9.17, 15) is 23.9 Å². The summed E-state index contributed by atoms with van der Waals surface area (Å²) in [4.78, 5) is 61.6. The summed E-state index contributed by atoms with van der Waals surface area (Å²) in [5, 5.41) is 12.7. The van der Waals surface area contributed by atoms with Gasteiger partial charge in [-0.05, 0) is 141 Å². The van der Waals surface area contributed by atoms with Crippen molar-refractivity contribution >= 4 is 140 Å². The summed E-state index contributed by atoms with van der Waals surface area (Å²) in [7, 11) is 3.34. The molecule has 6 aromatic heterocycles. The zero-order valence-corrected chi connectivity index (χ0v) is 50.4. The molecule has 0 saturated carbocycles. The molecule has 1 radical (unpaired) electrons. The molecular formula is C53H43BBr2Cl6FN10O6S. The van der Waals surface area contributed by atoms with Crippen LogP contribution >= 0.6 is 114 Å². The summed E-state index contributed by atoms with van der Waals surface area (Å²) in [6.07, 6.45) is 14.3. The quantitative estimate of drug-likeness (QED) is 0.0595. The third-order valence-electron chi connectivity index (χ3n) is 10.6. The number of rotatable bonds is 14. The van der Waals surface area contributed by atoms with Gasteiger partial charge >= 0.3 is 42.7 Å². The van der Waals surface area contributed by atoms with E-state index >= 15 is 0 Å². The van der Waals surface area contributed by atoms with Crippen LogP contribution in [-0.4, -0.2) is 94.6 Å². The Morgan fingerprint density at radius 2 is 0.950 bits per heavy atom. The molecule has 0 spiro atoms. The molecule has 0 aliphatic heterocycles. The van der Waals surface area contributed by atoms with E-state index in [0.717, 1.165) is 31.2 Å². The molecule has 27 heteroatoms. The summed E-state index contributed by atoms with van der Waals surface area (Å²) in [6.45, 7) is 4.94. The van der Waals surface area contributed by atoms with Crippen LogP contribution in [0.25, 0.3) is 34.2 Å². The third kappa shape index (κ3) is 18.0. The number of thiol groups is 1. The van der Waals surface area contributed by atoms with Crippen molar-refractivity contribution in [3.8, 4) is 34.2 Å². The van der Waals surface area contributed by atoms with Gasteiger partial charge in [0.15, 0.2) is 0 Å². The summed E-state index contributed by atoms with van der Waals surface area (Å²) in [5.74, 6) is -0.298. The van der Waals surface area contributed by atoms with Crippen LogP contribution in [-0.2, 0) is 29.1 Å². The number of pyridine rings is 3. The molecule has 80 heavy (non-hydrogen) atoms. The number of carboxylic acid groups (broad SMARTS) is 1. The molecule has 0 amide bonds. The molecule has 0 bridgehead atoms. The average molecular weight is 1350 g/mol. The molecule has 9 aromatic rings. The number of hydrogen-bond acceptors (Lipinski definition) is 13.